The number of aliphatic hydroxyl groups is 1. The Bertz CT molecular complexity index is 511. The van der Waals surface area contributed by atoms with Crippen LogP contribution in [0.1, 0.15) is 5.56 Å². The summed E-state index contributed by atoms with van der Waals surface area (Å²) in [6.45, 7) is -0.0580. The zero-order valence-corrected chi connectivity index (χ0v) is 9.78. The number of phenolic OH excluding ortho intramolecular Hbond substituents is 1. The average molecular weight is 250 g/mol. The molecular weight excluding hydrogens is 238 g/mol. The molecule has 0 saturated carbocycles. The first-order valence-electron chi connectivity index (χ1n) is 5.14. The maximum atomic E-state index is 9.21. The molecule has 0 amide bonds. The molecule has 0 aromatic heterocycles. The Labute approximate surface area is 104 Å². The molecule has 0 radical (unpaired) electrons. The van der Waals surface area contributed by atoms with Crippen LogP contribution in [0.5, 0.6) is 5.75 Å². The van der Waals surface area contributed by atoms with Gasteiger partial charge in [0.05, 0.1) is 6.61 Å². The zero-order chi connectivity index (χ0) is 12.3. The van der Waals surface area contributed by atoms with Crippen molar-refractivity contribution in [1.82, 2.24) is 0 Å². The molecule has 0 fully saturated rings. The summed E-state index contributed by atoms with van der Waals surface area (Å²) in [6.07, 6.45) is 0. The first-order chi connectivity index (χ1) is 8.19. The Balaban J connectivity index is 2.28. The molecule has 2 aromatic rings. The van der Waals surface area contributed by atoms with E-state index >= 15 is 0 Å². The summed E-state index contributed by atoms with van der Waals surface area (Å²) >= 11 is 5.90. The summed E-state index contributed by atoms with van der Waals surface area (Å²) in [5.41, 5.74) is 2.34. The molecule has 0 aliphatic rings. The van der Waals surface area contributed by atoms with Crippen LogP contribution in [0.25, 0.3) is 0 Å². The van der Waals surface area contributed by atoms with Crippen LogP contribution in [0.3, 0.4) is 0 Å². The third-order valence-electron chi connectivity index (χ3n) is 2.39. The third kappa shape index (κ3) is 2.90. The van der Waals surface area contributed by atoms with E-state index in [4.69, 9.17) is 11.6 Å². The molecule has 0 heterocycles. The van der Waals surface area contributed by atoms with E-state index in [0.717, 1.165) is 16.9 Å². The van der Waals surface area contributed by atoms with Gasteiger partial charge in [0.25, 0.3) is 0 Å². The van der Waals surface area contributed by atoms with Crippen LogP contribution in [-0.4, -0.2) is 10.2 Å². The molecule has 4 heteroatoms. The summed E-state index contributed by atoms with van der Waals surface area (Å²) in [4.78, 5) is 0. The van der Waals surface area contributed by atoms with Gasteiger partial charge in [-0.1, -0.05) is 17.7 Å². The number of anilines is 2. The van der Waals surface area contributed by atoms with Crippen molar-refractivity contribution in [3.05, 3.63) is 53.1 Å². The van der Waals surface area contributed by atoms with Crippen molar-refractivity contribution in [2.45, 2.75) is 6.61 Å². The highest BCUT2D eigenvalue weighted by atomic mass is 35.5. The van der Waals surface area contributed by atoms with E-state index in [1.54, 1.807) is 42.5 Å². The second kappa shape index (κ2) is 5.08. The van der Waals surface area contributed by atoms with Gasteiger partial charge >= 0.3 is 0 Å². The van der Waals surface area contributed by atoms with Gasteiger partial charge < -0.3 is 15.5 Å². The third-order valence-corrected chi connectivity index (χ3v) is 2.62. The van der Waals surface area contributed by atoms with Crippen LogP contribution in [0.4, 0.5) is 11.4 Å². The first kappa shape index (κ1) is 11.8. The molecular formula is C13H12ClNO2. The Morgan fingerprint density at radius 3 is 2.41 bits per heavy atom. The van der Waals surface area contributed by atoms with Gasteiger partial charge in [-0.05, 0) is 36.4 Å². The van der Waals surface area contributed by atoms with Gasteiger partial charge in [-0.25, -0.2) is 0 Å². The van der Waals surface area contributed by atoms with E-state index in [2.05, 4.69) is 5.32 Å². The van der Waals surface area contributed by atoms with Gasteiger partial charge in [0.1, 0.15) is 5.75 Å². The van der Waals surface area contributed by atoms with E-state index in [0.29, 0.717) is 5.02 Å². The Kier molecular flexibility index (Phi) is 3.52. The number of aromatic hydroxyl groups is 1. The van der Waals surface area contributed by atoms with Crippen LogP contribution >= 0.6 is 11.6 Å². The molecule has 0 spiro atoms. The fourth-order valence-corrected chi connectivity index (χ4v) is 1.68. The maximum absolute atomic E-state index is 9.21. The van der Waals surface area contributed by atoms with Gasteiger partial charge in [0.15, 0.2) is 0 Å². The zero-order valence-electron chi connectivity index (χ0n) is 9.02. The number of hydrogen-bond donors (Lipinski definition) is 3. The van der Waals surface area contributed by atoms with E-state index in [1.165, 1.54) is 0 Å². The van der Waals surface area contributed by atoms with Crippen LogP contribution < -0.4 is 5.32 Å². The molecule has 2 rings (SSSR count). The number of nitrogens with one attached hydrogen (secondary N) is 1. The molecule has 3 nitrogen and oxygen atoms in total. The smallest absolute Gasteiger partial charge is 0.115 e. The van der Waals surface area contributed by atoms with Crippen LogP contribution in [0, 0.1) is 0 Å². The van der Waals surface area contributed by atoms with Crippen molar-refractivity contribution < 1.29 is 10.2 Å². The quantitative estimate of drug-likeness (QED) is 0.732. The van der Waals surface area contributed by atoms with Gasteiger partial charge in [-0.2, -0.15) is 0 Å². The molecule has 2 aromatic carbocycles. The molecule has 88 valence electrons. The number of benzene rings is 2. The lowest BCUT2D eigenvalue weighted by Gasteiger charge is -2.11. The van der Waals surface area contributed by atoms with Crippen molar-refractivity contribution >= 4 is 23.0 Å². The number of halogens is 1. The Hall–Kier alpha value is -1.71. The molecule has 0 aliphatic carbocycles. The minimum Gasteiger partial charge on any atom is -0.508 e. The lowest BCUT2D eigenvalue weighted by molar-refractivity contribution is 0.282. The van der Waals surface area contributed by atoms with Gasteiger partial charge in [0, 0.05) is 22.0 Å². The van der Waals surface area contributed by atoms with Crippen molar-refractivity contribution in [3.63, 3.8) is 0 Å². The standard InChI is InChI=1S/C13H12ClNO2/c14-10-2-1-9(8-16)13(7-10)15-11-3-5-12(17)6-4-11/h1-7,15-17H,8H2. The summed E-state index contributed by atoms with van der Waals surface area (Å²) < 4.78 is 0. The van der Waals surface area contributed by atoms with Gasteiger partial charge in [0.2, 0.25) is 0 Å². The van der Waals surface area contributed by atoms with Crippen LogP contribution in [-0.2, 0) is 6.61 Å². The minimum atomic E-state index is -0.0580. The fraction of sp³-hybridized carbons (Fsp3) is 0.0769. The summed E-state index contributed by atoms with van der Waals surface area (Å²) in [5, 5.41) is 22.1. The SMILES string of the molecule is OCc1ccc(Cl)cc1Nc1ccc(O)cc1. The summed E-state index contributed by atoms with van der Waals surface area (Å²) in [7, 11) is 0. The van der Waals surface area contributed by atoms with Crippen LogP contribution in [0.2, 0.25) is 5.02 Å². The number of aliphatic hydroxyl groups excluding tert-OH is 1. The number of rotatable bonds is 3. The highest BCUT2D eigenvalue weighted by Crippen LogP contribution is 2.25. The average Bonchev–Trinajstić information content (AvgIpc) is 2.32. The second-order valence-corrected chi connectivity index (χ2v) is 4.07. The molecule has 0 aliphatic heterocycles. The molecule has 17 heavy (non-hydrogen) atoms. The minimum absolute atomic E-state index is 0.0580. The topological polar surface area (TPSA) is 52.5 Å². The molecule has 0 atom stereocenters. The van der Waals surface area contributed by atoms with Crippen molar-refractivity contribution in [1.29, 1.82) is 0 Å². The maximum Gasteiger partial charge on any atom is 0.115 e. The Morgan fingerprint density at radius 2 is 1.76 bits per heavy atom. The number of hydrogen-bond acceptors (Lipinski definition) is 3. The van der Waals surface area contributed by atoms with E-state index in [-0.39, 0.29) is 12.4 Å². The monoisotopic (exact) mass is 249 g/mol. The normalized spacial score (nSPS) is 10.2. The van der Waals surface area contributed by atoms with Gasteiger partial charge in [-0.15, -0.1) is 0 Å². The van der Waals surface area contributed by atoms with Crippen molar-refractivity contribution in [2.24, 2.45) is 0 Å². The lowest BCUT2D eigenvalue weighted by Crippen LogP contribution is -1.95. The molecule has 0 bridgehead atoms. The highest BCUT2D eigenvalue weighted by molar-refractivity contribution is 6.30. The van der Waals surface area contributed by atoms with Crippen LogP contribution in [0.15, 0.2) is 42.5 Å². The van der Waals surface area contributed by atoms with Crippen molar-refractivity contribution in [2.75, 3.05) is 5.32 Å². The Morgan fingerprint density at radius 1 is 1.06 bits per heavy atom. The molecule has 0 unspecified atom stereocenters. The van der Waals surface area contributed by atoms with E-state index in [1.807, 2.05) is 0 Å². The predicted molar refractivity (Wildman–Crippen MR) is 68.8 cm³/mol. The highest BCUT2D eigenvalue weighted by Gasteiger charge is 2.03. The van der Waals surface area contributed by atoms with E-state index < -0.39 is 0 Å². The predicted octanol–water partition coefficient (Wildman–Crippen LogP) is 3.28. The largest absolute Gasteiger partial charge is 0.508 e. The van der Waals surface area contributed by atoms with Gasteiger partial charge in [-0.3, -0.25) is 0 Å². The second-order valence-electron chi connectivity index (χ2n) is 3.63. The summed E-state index contributed by atoms with van der Waals surface area (Å²) in [6, 6.07) is 11.9. The summed E-state index contributed by atoms with van der Waals surface area (Å²) in [5.74, 6) is 0.212. The molecule has 3 N–H and O–H groups in total. The molecule has 0 saturated heterocycles. The van der Waals surface area contributed by atoms with E-state index in [9.17, 15) is 10.2 Å². The fourth-order valence-electron chi connectivity index (χ4n) is 1.50. The number of phenols is 1. The lowest BCUT2D eigenvalue weighted by atomic mass is 10.2. The first-order valence-corrected chi connectivity index (χ1v) is 5.52. The van der Waals surface area contributed by atoms with Crippen molar-refractivity contribution in [3.8, 4) is 5.75 Å².